The van der Waals surface area contributed by atoms with Crippen molar-refractivity contribution in [2.75, 3.05) is 0 Å². The van der Waals surface area contributed by atoms with Crippen molar-refractivity contribution >= 4 is 44.7 Å². The van der Waals surface area contributed by atoms with Crippen LogP contribution in [0.15, 0.2) is 34.0 Å². The van der Waals surface area contributed by atoms with E-state index in [1.165, 1.54) is 23.5 Å². The molecule has 5 nitrogen and oxygen atoms in total. The van der Waals surface area contributed by atoms with Crippen LogP contribution >= 0.6 is 22.7 Å². The van der Waals surface area contributed by atoms with Gasteiger partial charge in [-0.15, -0.1) is 22.7 Å². The Kier molecular flexibility index (Phi) is 4.13. The van der Waals surface area contributed by atoms with E-state index in [0.29, 0.717) is 5.01 Å². The van der Waals surface area contributed by atoms with Gasteiger partial charge in [-0.2, -0.15) is 0 Å². The molecule has 8 heteroatoms. The van der Waals surface area contributed by atoms with E-state index in [0.717, 1.165) is 22.3 Å². The van der Waals surface area contributed by atoms with Gasteiger partial charge in [-0.1, -0.05) is 0 Å². The Balaban J connectivity index is 2.06. The summed E-state index contributed by atoms with van der Waals surface area (Å²) in [5.74, 6) is -0.693. The molecule has 2 aromatic rings. The number of carbonyl (C=O) groups excluding carboxylic acids is 1. The summed E-state index contributed by atoms with van der Waals surface area (Å²) in [6.07, 6.45) is 4.22. The van der Waals surface area contributed by atoms with Crippen LogP contribution in [0, 0.1) is 6.92 Å². The van der Waals surface area contributed by atoms with Crippen molar-refractivity contribution in [3.63, 3.8) is 0 Å². The molecule has 0 fully saturated rings. The maximum Gasteiger partial charge on any atom is 0.273 e. The molecule has 0 spiro atoms. The molecule has 100 valence electrons. The molecule has 1 N–H and O–H groups in total. The van der Waals surface area contributed by atoms with Gasteiger partial charge in [0.15, 0.2) is 0 Å². The van der Waals surface area contributed by atoms with Crippen LogP contribution in [0.1, 0.15) is 9.88 Å². The van der Waals surface area contributed by atoms with E-state index in [4.69, 9.17) is 0 Å². The minimum atomic E-state index is -3.78. The molecule has 0 saturated heterocycles. The third-order valence-corrected chi connectivity index (χ3v) is 5.62. The van der Waals surface area contributed by atoms with Gasteiger partial charge in [-0.25, -0.2) is 18.1 Å². The van der Waals surface area contributed by atoms with Gasteiger partial charge >= 0.3 is 0 Å². The lowest BCUT2D eigenvalue weighted by atomic mass is 10.5. The fraction of sp³-hybridized carbons (Fsp3) is 0.0909. The minimum Gasteiger partial charge on any atom is -0.269 e. The van der Waals surface area contributed by atoms with Crippen LogP contribution in [0.3, 0.4) is 0 Å². The predicted molar refractivity (Wildman–Crippen MR) is 75.5 cm³/mol. The highest BCUT2D eigenvalue weighted by atomic mass is 32.2. The lowest BCUT2D eigenvalue weighted by Gasteiger charge is -2.01. The van der Waals surface area contributed by atoms with Gasteiger partial charge in [0, 0.05) is 22.5 Å². The Morgan fingerprint density at radius 1 is 1.42 bits per heavy atom. The zero-order chi connectivity index (χ0) is 13.9. The van der Waals surface area contributed by atoms with Crippen molar-refractivity contribution in [2.24, 2.45) is 0 Å². The highest BCUT2D eigenvalue weighted by molar-refractivity contribution is 7.92. The minimum absolute atomic E-state index is 0.126. The molecular weight excluding hydrogens is 304 g/mol. The number of hydrogen-bond acceptors (Lipinski definition) is 6. The predicted octanol–water partition coefficient (Wildman–Crippen LogP) is 2.03. The monoisotopic (exact) mass is 314 g/mol. The van der Waals surface area contributed by atoms with Crippen molar-refractivity contribution in [3.05, 3.63) is 39.7 Å². The number of thiophene rings is 1. The average molecular weight is 314 g/mol. The SMILES string of the molecule is Cc1ccc(S(=O)(=O)NC(=O)C=Cc2nccs2)s1. The number of aryl methyl sites for hydroxylation is 1. The molecule has 0 unspecified atom stereocenters. The molecule has 0 radical (unpaired) electrons. The lowest BCUT2D eigenvalue weighted by Crippen LogP contribution is -2.28. The van der Waals surface area contributed by atoms with Gasteiger partial charge in [-0.05, 0) is 25.1 Å². The van der Waals surface area contributed by atoms with Crippen LogP contribution in [0.2, 0.25) is 0 Å². The molecule has 0 bridgehead atoms. The zero-order valence-electron chi connectivity index (χ0n) is 9.86. The summed E-state index contributed by atoms with van der Waals surface area (Å²) < 4.78 is 25.8. The molecule has 0 aliphatic carbocycles. The van der Waals surface area contributed by atoms with Gasteiger partial charge in [0.2, 0.25) is 0 Å². The fourth-order valence-electron chi connectivity index (χ4n) is 1.24. The summed E-state index contributed by atoms with van der Waals surface area (Å²) in [6, 6.07) is 3.16. The second kappa shape index (κ2) is 5.64. The van der Waals surface area contributed by atoms with Gasteiger partial charge in [0.25, 0.3) is 15.9 Å². The van der Waals surface area contributed by atoms with Crippen molar-refractivity contribution in [1.82, 2.24) is 9.71 Å². The molecule has 0 aliphatic heterocycles. The summed E-state index contributed by atoms with van der Waals surface area (Å²) in [6.45, 7) is 1.80. The molecule has 0 aromatic carbocycles. The first-order valence-corrected chi connectivity index (χ1v) is 8.36. The van der Waals surface area contributed by atoms with Crippen LogP contribution in [0.25, 0.3) is 6.08 Å². The Morgan fingerprint density at radius 2 is 2.21 bits per heavy atom. The van der Waals surface area contributed by atoms with Crippen LogP contribution in [-0.2, 0) is 14.8 Å². The molecule has 2 aromatic heterocycles. The molecular formula is C11H10N2O3S3. The fourth-order valence-corrected chi connectivity index (χ4v) is 3.99. The molecule has 1 amide bonds. The second-order valence-corrected chi connectivity index (χ2v) is 7.66. The highest BCUT2D eigenvalue weighted by Gasteiger charge is 2.17. The number of rotatable bonds is 4. The van der Waals surface area contributed by atoms with Gasteiger partial charge in [0.05, 0.1) is 0 Å². The number of thiazole rings is 1. The van der Waals surface area contributed by atoms with Gasteiger partial charge < -0.3 is 0 Å². The standard InChI is InChI=1S/C11H10N2O3S3/c1-8-2-5-11(18-8)19(15,16)13-9(14)3-4-10-12-6-7-17-10/h2-7H,1H3,(H,13,14). The second-order valence-electron chi connectivity index (χ2n) is 3.54. The summed E-state index contributed by atoms with van der Waals surface area (Å²) >= 11 is 2.47. The smallest absolute Gasteiger partial charge is 0.269 e. The number of amides is 1. The maximum atomic E-state index is 11.8. The Bertz CT molecular complexity index is 699. The summed E-state index contributed by atoms with van der Waals surface area (Å²) in [5.41, 5.74) is 0. The topological polar surface area (TPSA) is 76.1 Å². The maximum absolute atomic E-state index is 11.8. The van der Waals surface area contributed by atoms with E-state index in [-0.39, 0.29) is 4.21 Å². The van der Waals surface area contributed by atoms with E-state index < -0.39 is 15.9 Å². The Hall–Kier alpha value is -1.51. The number of nitrogens with one attached hydrogen (secondary N) is 1. The van der Waals surface area contributed by atoms with E-state index in [2.05, 4.69) is 4.98 Å². The number of hydrogen-bond donors (Lipinski definition) is 1. The molecule has 0 saturated carbocycles. The number of nitrogens with zero attached hydrogens (tertiary/aromatic N) is 1. The first-order valence-electron chi connectivity index (χ1n) is 5.18. The zero-order valence-corrected chi connectivity index (χ0v) is 12.3. The molecule has 19 heavy (non-hydrogen) atoms. The Labute approximate surface area is 118 Å². The summed E-state index contributed by atoms with van der Waals surface area (Å²) in [7, 11) is -3.78. The van der Waals surface area contributed by atoms with E-state index in [9.17, 15) is 13.2 Å². The van der Waals surface area contributed by atoms with Crippen molar-refractivity contribution < 1.29 is 13.2 Å². The van der Waals surface area contributed by atoms with Gasteiger partial charge in [0.1, 0.15) is 9.22 Å². The largest absolute Gasteiger partial charge is 0.273 e. The average Bonchev–Trinajstić information content (AvgIpc) is 2.96. The van der Waals surface area contributed by atoms with Crippen LogP contribution in [0.5, 0.6) is 0 Å². The number of sulfonamides is 1. The van der Waals surface area contributed by atoms with Crippen LogP contribution < -0.4 is 4.72 Å². The Morgan fingerprint density at radius 3 is 2.79 bits per heavy atom. The highest BCUT2D eigenvalue weighted by Crippen LogP contribution is 2.20. The third kappa shape index (κ3) is 3.72. The third-order valence-electron chi connectivity index (χ3n) is 2.04. The molecule has 2 heterocycles. The normalized spacial score (nSPS) is 11.8. The van der Waals surface area contributed by atoms with Crippen molar-refractivity contribution in [3.8, 4) is 0 Å². The van der Waals surface area contributed by atoms with Crippen LogP contribution in [-0.4, -0.2) is 19.3 Å². The number of aromatic nitrogens is 1. The van der Waals surface area contributed by atoms with E-state index >= 15 is 0 Å². The van der Waals surface area contributed by atoms with Crippen molar-refractivity contribution in [1.29, 1.82) is 0 Å². The van der Waals surface area contributed by atoms with E-state index in [1.807, 2.05) is 4.72 Å². The van der Waals surface area contributed by atoms with Crippen molar-refractivity contribution in [2.45, 2.75) is 11.1 Å². The molecule has 2 rings (SSSR count). The quantitative estimate of drug-likeness (QED) is 0.876. The summed E-state index contributed by atoms with van der Waals surface area (Å²) in [4.78, 5) is 16.4. The van der Waals surface area contributed by atoms with Crippen LogP contribution in [0.4, 0.5) is 0 Å². The van der Waals surface area contributed by atoms with E-state index in [1.54, 1.807) is 24.6 Å². The molecule has 0 atom stereocenters. The van der Waals surface area contributed by atoms with Gasteiger partial charge in [-0.3, -0.25) is 4.79 Å². The molecule has 0 aliphatic rings. The first-order chi connectivity index (χ1) is 8.97. The number of carbonyl (C=O) groups is 1. The first kappa shape index (κ1) is 13.9. The lowest BCUT2D eigenvalue weighted by molar-refractivity contribution is -0.114. The summed E-state index contributed by atoms with van der Waals surface area (Å²) in [5, 5.41) is 2.41.